The Morgan fingerprint density at radius 3 is 2.00 bits per heavy atom. The highest BCUT2D eigenvalue weighted by molar-refractivity contribution is 5.89. The Hall–Kier alpha value is -1.58. The highest BCUT2D eigenvalue weighted by Gasteiger charge is 2.27. The largest absolute Gasteiger partial charge is 0.478 e. The Bertz CT molecular complexity index is 386. The molecule has 2 fully saturated rings. The molecule has 0 bridgehead atoms. The third kappa shape index (κ3) is 6.15. The van der Waals surface area contributed by atoms with Crippen LogP contribution in [0.2, 0.25) is 0 Å². The number of esters is 1. The molecule has 0 unspecified atom stereocenters. The first-order chi connectivity index (χ1) is 10.1. The summed E-state index contributed by atoms with van der Waals surface area (Å²) in [6, 6.07) is 0. The first kappa shape index (κ1) is 17.5. The predicted octanol–water partition coefficient (Wildman–Crippen LogP) is 3.87. The van der Waals surface area contributed by atoms with Crippen molar-refractivity contribution in [2.75, 3.05) is 0 Å². The van der Waals surface area contributed by atoms with Gasteiger partial charge in [0.1, 0.15) is 6.10 Å². The van der Waals surface area contributed by atoms with Gasteiger partial charge in [-0.25, -0.2) is 9.59 Å². The van der Waals surface area contributed by atoms with E-state index >= 15 is 0 Å². The van der Waals surface area contributed by atoms with Crippen molar-refractivity contribution in [2.24, 2.45) is 5.92 Å². The van der Waals surface area contributed by atoms with Crippen LogP contribution in [0.5, 0.6) is 0 Å². The Kier molecular flexibility index (Phi) is 7.80. The van der Waals surface area contributed by atoms with Gasteiger partial charge in [-0.3, -0.25) is 0 Å². The third-order valence-corrected chi connectivity index (χ3v) is 4.09. The summed E-state index contributed by atoms with van der Waals surface area (Å²) in [5.74, 6) is -0.551. The van der Waals surface area contributed by atoms with Gasteiger partial charge in [-0.2, -0.15) is 0 Å². The maximum atomic E-state index is 12.0. The molecule has 2 saturated carbocycles. The molecule has 0 heterocycles. The van der Waals surface area contributed by atoms with Gasteiger partial charge in [0, 0.05) is 11.6 Å². The van der Waals surface area contributed by atoms with Gasteiger partial charge >= 0.3 is 11.9 Å². The Morgan fingerprint density at radius 1 is 1.10 bits per heavy atom. The van der Waals surface area contributed by atoms with Crippen LogP contribution in [0.25, 0.3) is 0 Å². The quantitative estimate of drug-likeness (QED) is 0.631. The molecule has 0 aromatic rings. The van der Waals surface area contributed by atoms with Crippen molar-refractivity contribution in [2.45, 2.75) is 64.4 Å². The van der Waals surface area contributed by atoms with Crippen LogP contribution in [0.15, 0.2) is 24.3 Å². The molecule has 118 valence electrons. The van der Waals surface area contributed by atoms with Crippen molar-refractivity contribution in [3.05, 3.63) is 24.3 Å². The van der Waals surface area contributed by atoms with Crippen LogP contribution in [0.3, 0.4) is 0 Å². The summed E-state index contributed by atoms with van der Waals surface area (Å²) in [5.41, 5.74) is 0.935. The second-order valence-electron chi connectivity index (χ2n) is 5.58. The zero-order chi connectivity index (χ0) is 15.7. The van der Waals surface area contributed by atoms with Crippen molar-refractivity contribution in [3.8, 4) is 0 Å². The molecule has 21 heavy (non-hydrogen) atoms. The SMILES string of the molecule is C=CC(=O)O.CC=C(C(=O)OC1CCCC1)C1CCCC1. The lowest BCUT2D eigenvalue weighted by molar-refractivity contribution is -0.144. The summed E-state index contributed by atoms with van der Waals surface area (Å²) in [5, 5.41) is 7.60. The molecule has 1 N–H and O–H groups in total. The van der Waals surface area contributed by atoms with E-state index in [1.54, 1.807) is 0 Å². The topological polar surface area (TPSA) is 63.6 Å². The minimum Gasteiger partial charge on any atom is -0.478 e. The van der Waals surface area contributed by atoms with Gasteiger partial charge in [-0.05, 0) is 51.4 Å². The fourth-order valence-electron chi connectivity index (χ4n) is 2.98. The van der Waals surface area contributed by atoms with E-state index in [0.29, 0.717) is 5.92 Å². The third-order valence-electron chi connectivity index (χ3n) is 4.09. The second kappa shape index (κ2) is 9.37. The number of hydrogen-bond acceptors (Lipinski definition) is 3. The molecule has 2 rings (SSSR count). The number of ether oxygens (including phenoxy) is 1. The van der Waals surface area contributed by atoms with E-state index in [9.17, 15) is 9.59 Å². The molecule has 0 saturated heterocycles. The fourth-order valence-corrected chi connectivity index (χ4v) is 2.98. The lowest BCUT2D eigenvalue weighted by Gasteiger charge is -2.16. The van der Waals surface area contributed by atoms with E-state index in [0.717, 1.165) is 24.5 Å². The molecular weight excluding hydrogens is 268 g/mol. The molecule has 0 spiro atoms. The van der Waals surface area contributed by atoms with Crippen LogP contribution >= 0.6 is 0 Å². The fraction of sp³-hybridized carbons (Fsp3) is 0.647. The standard InChI is InChI=1S/C14H22O2.C3H4O2/c1-2-13(11-7-3-4-8-11)14(15)16-12-9-5-6-10-12;1-2-3(4)5/h2,11-12H,3-10H2,1H3;2H,1H2,(H,4,5). The average Bonchev–Trinajstić information content (AvgIpc) is 3.14. The monoisotopic (exact) mass is 294 g/mol. The smallest absolute Gasteiger partial charge is 0.334 e. The molecule has 0 aliphatic heterocycles. The maximum absolute atomic E-state index is 12.0. The van der Waals surface area contributed by atoms with Crippen LogP contribution < -0.4 is 0 Å². The van der Waals surface area contributed by atoms with Gasteiger partial charge in [0.15, 0.2) is 0 Å². The van der Waals surface area contributed by atoms with E-state index in [1.165, 1.54) is 38.5 Å². The number of aliphatic carboxylic acids is 1. The zero-order valence-corrected chi connectivity index (χ0v) is 12.8. The maximum Gasteiger partial charge on any atom is 0.334 e. The first-order valence-corrected chi connectivity index (χ1v) is 7.81. The van der Waals surface area contributed by atoms with Gasteiger partial charge < -0.3 is 9.84 Å². The van der Waals surface area contributed by atoms with E-state index in [1.807, 2.05) is 13.0 Å². The number of hydrogen-bond donors (Lipinski definition) is 1. The van der Waals surface area contributed by atoms with Crippen LogP contribution in [0.1, 0.15) is 58.3 Å². The minimum absolute atomic E-state index is 0.0405. The van der Waals surface area contributed by atoms with Gasteiger partial charge in [0.2, 0.25) is 0 Å². The molecule has 0 aromatic heterocycles. The molecule has 0 amide bonds. The number of carboxylic acid groups (broad SMARTS) is 1. The number of carboxylic acids is 1. The van der Waals surface area contributed by atoms with Crippen molar-refractivity contribution >= 4 is 11.9 Å². The van der Waals surface area contributed by atoms with E-state index in [2.05, 4.69) is 6.58 Å². The van der Waals surface area contributed by atoms with Crippen LogP contribution in [-0.2, 0) is 14.3 Å². The first-order valence-electron chi connectivity index (χ1n) is 7.81. The average molecular weight is 294 g/mol. The number of carbonyl (C=O) groups excluding carboxylic acids is 1. The number of rotatable bonds is 4. The van der Waals surface area contributed by atoms with E-state index < -0.39 is 5.97 Å². The van der Waals surface area contributed by atoms with Crippen molar-refractivity contribution < 1.29 is 19.4 Å². The van der Waals surface area contributed by atoms with Crippen molar-refractivity contribution in [3.63, 3.8) is 0 Å². The normalized spacial score (nSPS) is 19.8. The summed E-state index contributed by atoms with van der Waals surface area (Å²) >= 11 is 0. The summed E-state index contributed by atoms with van der Waals surface area (Å²) in [6.07, 6.45) is 12.4. The number of allylic oxidation sites excluding steroid dienone is 1. The molecule has 2 aliphatic rings. The molecule has 2 aliphatic carbocycles. The Morgan fingerprint density at radius 2 is 1.57 bits per heavy atom. The van der Waals surface area contributed by atoms with E-state index in [4.69, 9.17) is 9.84 Å². The van der Waals surface area contributed by atoms with Crippen molar-refractivity contribution in [1.29, 1.82) is 0 Å². The van der Waals surface area contributed by atoms with Crippen LogP contribution in [-0.4, -0.2) is 23.1 Å². The van der Waals surface area contributed by atoms with E-state index in [-0.39, 0.29) is 12.1 Å². The second-order valence-corrected chi connectivity index (χ2v) is 5.58. The van der Waals surface area contributed by atoms with Gasteiger partial charge in [0.25, 0.3) is 0 Å². The highest BCUT2D eigenvalue weighted by Crippen LogP contribution is 2.32. The highest BCUT2D eigenvalue weighted by atomic mass is 16.5. The van der Waals surface area contributed by atoms with Crippen LogP contribution in [0, 0.1) is 5.92 Å². The lowest BCUT2D eigenvalue weighted by Crippen LogP contribution is -2.19. The Balaban J connectivity index is 0.000000383. The summed E-state index contributed by atoms with van der Waals surface area (Å²) in [6.45, 7) is 4.92. The predicted molar refractivity (Wildman–Crippen MR) is 81.9 cm³/mol. The van der Waals surface area contributed by atoms with Gasteiger partial charge in [-0.1, -0.05) is 25.5 Å². The molecular formula is C17H26O4. The summed E-state index contributed by atoms with van der Waals surface area (Å²) in [7, 11) is 0. The van der Waals surface area contributed by atoms with Gasteiger partial charge in [-0.15, -0.1) is 0 Å². The van der Waals surface area contributed by atoms with Crippen molar-refractivity contribution in [1.82, 2.24) is 0 Å². The minimum atomic E-state index is -0.981. The van der Waals surface area contributed by atoms with Crippen LogP contribution in [0.4, 0.5) is 0 Å². The molecule has 4 nitrogen and oxygen atoms in total. The summed E-state index contributed by atoms with van der Waals surface area (Å²) < 4.78 is 5.57. The molecule has 0 radical (unpaired) electrons. The number of carbonyl (C=O) groups is 2. The summed E-state index contributed by atoms with van der Waals surface area (Å²) in [4.78, 5) is 21.3. The lowest BCUT2D eigenvalue weighted by atomic mass is 9.97. The molecule has 0 atom stereocenters. The Labute approximate surface area is 126 Å². The molecule has 4 heteroatoms. The van der Waals surface area contributed by atoms with Gasteiger partial charge in [0.05, 0.1) is 0 Å². The zero-order valence-electron chi connectivity index (χ0n) is 12.8. The molecule has 0 aromatic carbocycles.